The molecule has 1 rings (SSSR count). The van der Waals surface area contributed by atoms with Gasteiger partial charge in [0, 0.05) is 6.54 Å². The Labute approximate surface area is 60.4 Å². The second kappa shape index (κ2) is 2.54. The van der Waals surface area contributed by atoms with Gasteiger partial charge in [-0.3, -0.25) is 4.79 Å². The van der Waals surface area contributed by atoms with Crippen LogP contribution < -0.4 is 11.1 Å². The minimum absolute atomic E-state index is 0. The molecule has 1 fully saturated rings. The number of amides is 1. The van der Waals surface area contributed by atoms with Crippen LogP contribution in [0.4, 0.5) is 0 Å². The molecule has 0 bridgehead atoms. The van der Waals surface area contributed by atoms with E-state index < -0.39 is 5.54 Å². The van der Waals surface area contributed by atoms with E-state index in [-0.39, 0.29) is 18.3 Å². The SMILES string of the molecule is CC1(N)CCNC1=O.Cl. The maximum Gasteiger partial charge on any atom is 0.239 e. The molecule has 4 heteroatoms. The quantitative estimate of drug-likeness (QED) is 0.496. The molecule has 1 atom stereocenters. The molecule has 0 saturated carbocycles. The van der Waals surface area contributed by atoms with Crippen molar-refractivity contribution in [1.82, 2.24) is 5.32 Å². The number of nitrogens with two attached hydrogens (primary N) is 1. The number of hydrogen-bond donors (Lipinski definition) is 2. The van der Waals surface area contributed by atoms with Gasteiger partial charge in [0.25, 0.3) is 0 Å². The average molecular weight is 151 g/mol. The minimum atomic E-state index is -0.597. The van der Waals surface area contributed by atoms with Crippen molar-refractivity contribution >= 4 is 18.3 Å². The highest BCUT2D eigenvalue weighted by Gasteiger charge is 2.32. The number of nitrogens with one attached hydrogen (secondary N) is 1. The van der Waals surface area contributed by atoms with Crippen LogP contribution in [0.5, 0.6) is 0 Å². The van der Waals surface area contributed by atoms with Crippen molar-refractivity contribution in [1.29, 1.82) is 0 Å². The topological polar surface area (TPSA) is 55.1 Å². The first kappa shape index (κ1) is 8.72. The summed E-state index contributed by atoms with van der Waals surface area (Å²) in [5.74, 6) is -0.0301. The number of carbonyl (C=O) groups excluding carboxylic acids is 1. The Balaban J connectivity index is 0.000000640. The molecule has 0 aliphatic carbocycles. The van der Waals surface area contributed by atoms with Gasteiger partial charge in [0.15, 0.2) is 0 Å². The zero-order valence-electron chi connectivity index (χ0n) is 5.31. The predicted molar refractivity (Wildman–Crippen MR) is 37.5 cm³/mol. The van der Waals surface area contributed by atoms with Gasteiger partial charge in [-0.05, 0) is 13.3 Å². The molecule has 0 aromatic rings. The average Bonchev–Trinajstić information content (AvgIpc) is 1.86. The van der Waals surface area contributed by atoms with Gasteiger partial charge in [-0.25, -0.2) is 0 Å². The van der Waals surface area contributed by atoms with E-state index in [1.165, 1.54) is 0 Å². The van der Waals surface area contributed by atoms with E-state index >= 15 is 0 Å². The molecule has 1 amide bonds. The highest BCUT2D eigenvalue weighted by atomic mass is 35.5. The third-order valence-electron chi connectivity index (χ3n) is 1.45. The third-order valence-corrected chi connectivity index (χ3v) is 1.45. The Hall–Kier alpha value is -0.280. The van der Waals surface area contributed by atoms with E-state index in [9.17, 15) is 4.79 Å². The van der Waals surface area contributed by atoms with Gasteiger partial charge >= 0.3 is 0 Å². The molecule has 1 aliphatic heterocycles. The van der Waals surface area contributed by atoms with E-state index in [2.05, 4.69) is 5.32 Å². The second-order valence-electron chi connectivity index (χ2n) is 2.42. The van der Waals surface area contributed by atoms with Crippen molar-refractivity contribution in [2.45, 2.75) is 18.9 Å². The Morgan fingerprint density at radius 1 is 1.78 bits per heavy atom. The molecule has 1 heterocycles. The Bertz CT molecular complexity index is 124. The first-order valence-electron chi connectivity index (χ1n) is 2.70. The van der Waals surface area contributed by atoms with Gasteiger partial charge in [-0.1, -0.05) is 0 Å². The van der Waals surface area contributed by atoms with E-state index in [1.54, 1.807) is 6.92 Å². The van der Waals surface area contributed by atoms with E-state index in [0.29, 0.717) is 0 Å². The lowest BCUT2D eigenvalue weighted by molar-refractivity contribution is -0.123. The molecule has 1 unspecified atom stereocenters. The lowest BCUT2D eigenvalue weighted by Crippen LogP contribution is -2.43. The summed E-state index contributed by atoms with van der Waals surface area (Å²) in [5.41, 5.74) is 4.91. The van der Waals surface area contributed by atoms with Gasteiger partial charge in [0.2, 0.25) is 5.91 Å². The van der Waals surface area contributed by atoms with Gasteiger partial charge in [-0.15, -0.1) is 12.4 Å². The van der Waals surface area contributed by atoms with Crippen molar-refractivity contribution in [3.8, 4) is 0 Å². The molecule has 3 N–H and O–H groups in total. The van der Waals surface area contributed by atoms with Crippen LogP contribution in [-0.4, -0.2) is 18.0 Å². The molecule has 0 aromatic carbocycles. The van der Waals surface area contributed by atoms with Gasteiger partial charge in [-0.2, -0.15) is 0 Å². The molecule has 1 saturated heterocycles. The van der Waals surface area contributed by atoms with Gasteiger partial charge < -0.3 is 11.1 Å². The Kier molecular flexibility index (Phi) is 2.46. The molecular weight excluding hydrogens is 140 g/mol. The summed E-state index contributed by atoms with van der Waals surface area (Å²) < 4.78 is 0. The Morgan fingerprint density at radius 3 is 2.44 bits per heavy atom. The highest BCUT2D eigenvalue weighted by Crippen LogP contribution is 2.09. The molecule has 9 heavy (non-hydrogen) atoms. The largest absolute Gasteiger partial charge is 0.354 e. The molecule has 0 spiro atoms. The Morgan fingerprint density at radius 2 is 2.33 bits per heavy atom. The van der Waals surface area contributed by atoms with Crippen LogP contribution in [0.25, 0.3) is 0 Å². The number of rotatable bonds is 0. The number of halogens is 1. The summed E-state index contributed by atoms with van der Waals surface area (Å²) in [7, 11) is 0. The van der Waals surface area contributed by atoms with Gasteiger partial charge in [0.1, 0.15) is 0 Å². The fraction of sp³-hybridized carbons (Fsp3) is 0.800. The van der Waals surface area contributed by atoms with Crippen LogP contribution in [0.1, 0.15) is 13.3 Å². The first-order valence-corrected chi connectivity index (χ1v) is 2.70. The van der Waals surface area contributed by atoms with Crippen LogP contribution in [-0.2, 0) is 4.79 Å². The fourth-order valence-electron chi connectivity index (χ4n) is 0.751. The zero-order valence-corrected chi connectivity index (χ0v) is 6.12. The van der Waals surface area contributed by atoms with E-state index in [0.717, 1.165) is 13.0 Å². The molecular formula is C5H11ClN2O. The summed E-state index contributed by atoms with van der Waals surface area (Å²) in [6, 6.07) is 0. The maximum atomic E-state index is 10.7. The van der Waals surface area contributed by atoms with Crippen LogP contribution >= 0.6 is 12.4 Å². The van der Waals surface area contributed by atoms with Crippen molar-refractivity contribution in [2.24, 2.45) is 5.73 Å². The zero-order chi connectivity index (χ0) is 6.20. The lowest BCUT2D eigenvalue weighted by Gasteiger charge is -2.10. The number of carbonyl (C=O) groups is 1. The van der Waals surface area contributed by atoms with E-state index in [4.69, 9.17) is 5.73 Å². The maximum absolute atomic E-state index is 10.7. The summed E-state index contributed by atoms with van der Waals surface area (Å²) in [4.78, 5) is 10.7. The normalized spacial score (nSPS) is 33.3. The van der Waals surface area contributed by atoms with E-state index in [1.807, 2.05) is 0 Å². The van der Waals surface area contributed by atoms with Crippen molar-refractivity contribution in [2.75, 3.05) is 6.54 Å². The molecule has 0 radical (unpaired) electrons. The molecule has 1 aliphatic rings. The summed E-state index contributed by atoms with van der Waals surface area (Å²) in [6.07, 6.45) is 0.756. The smallest absolute Gasteiger partial charge is 0.239 e. The van der Waals surface area contributed by atoms with Crippen molar-refractivity contribution in [3.63, 3.8) is 0 Å². The fourth-order valence-corrected chi connectivity index (χ4v) is 0.751. The van der Waals surface area contributed by atoms with Crippen LogP contribution in [0, 0.1) is 0 Å². The molecule has 3 nitrogen and oxygen atoms in total. The minimum Gasteiger partial charge on any atom is -0.354 e. The third kappa shape index (κ3) is 1.56. The highest BCUT2D eigenvalue weighted by molar-refractivity contribution is 5.87. The molecule has 0 aromatic heterocycles. The monoisotopic (exact) mass is 150 g/mol. The second-order valence-corrected chi connectivity index (χ2v) is 2.42. The standard InChI is InChI=1S/C5H10N2O.ClH/c1-5(6)2-3-7-4(5)8;/h2-3,6H2,1H3,(H,7,8);1H. The lowest BCUT2D eigenvalue weighted by atomic mass is 10.0. The van der Waals surface area contributed by atoms with Crippen LogP contribution in [0.3, 0.4) is 0 Å². The number of hydrogen-bond acceptors (Lipinski definition) is 2. The predicted octanol–water partition coefficient (Wildman–Crippen LogP) is -0.355. The first-order chi connectivity index (χ1) is 3.63. The van der Waals surface area contributed by atoms with Gasteiger partial charge in [0.05, 0.1) is 5.54 Å². The summed E-state index contributed by atoms with van der Waals surface area (Å²) in [6.45, 7) is 2.47. The molecule has 54 valence electrons. The van der Waals surface area contributed by atoms with Crippen molar-refractivity contribution in [3.05, 3.63) is 0 Å². The van der Waals surface area contributed by atoms with Crippen molar-refractivity contribution < 1.29 is 4.79 Å². The summed E-state index contributed by atoms with van der Waals surface area (Å²) >= 11 is 0. The van der Waals surface area contributed by atoms with Crippen LogP contribution in [0.15, 0.2) is 0 Å². The van der Waals surface area contributed by atoms with Crippen LogP contribution in [0.2, 0.25) is 0 Å². The summed E-state index contributed by atoms with van der Waals surface area (Å²) in [5, 5.41) is 2.65.